The SMILES string of the molecule is N[C@@H](C(=O)Nc1cccnc1Cl)c1ccccc1. The molecule has 92 valence electrons. The van der Waals surface area contributed by atoms with E-state index in [0.717, 1.165) is 5.56 Å². The quantitative estimate of drug-likeness (QED) is 0.834. The molecule has 0 bridgehead atoms. The summed E-state index contributed by atoms with van der Waals surface area (Å²) in [5.41, 5.74) is 7.06. The number of nitrogens with zero attached hydrogens (tertiary/aromatic N) is 1. The molecule has 0 fully saturated rings. The Morgan fingerprint density at radius 1 is 1.22 bits per heavy atom. The van der Waals surface area contributed by atoms with Gasteiger partial charge < -0.3 is 11.1 Å². The van der Waals surface area contributed by atoms with Crippen molar-refractivity contribution in [2.24, 2.45) is 5.73 Å². The van der Waals surface area contributed by atoms with Crippen LogP contribution in [0.25, 0.3) is 0 Å². The second-order valence-corrected chi connectivity index (χ2v) is 4.08. The van der Waals surface area contributed by atoms with Gasteiger partial charge in [0.25, 0.3) is 0 Å². The van der Waals surface area contributed by atoms with Crippen molar-refractivity contribution in [3.63, 3.8) is 0 Å². The highest BCUT2D eigenvalue weighted by Gasteiger charge is 2.16. The van der Waals surface area contributed by atoms with E-state index in [1.54, 1.807) is 30.5 Å². The number of aromatic nitrogens is 1. The number of hydrogen-bond acceptors (Lipinski definition) is 3. The molecule has 0 aliphatic rings. The lowest BCUT2D eigenvalue weighted by Gasteiger charge is -2.12. The molecular formula is C13H12ClN3O. The van der Waals surface area contributed by atoms with E-state index in [2.05, 4.69) is 10.3 Å². The Balaban J connectivity index is 2.12. The summed E-state index contributed by atoms with van der Waals surface area (Å²) in [6.45, 7) is 0. The third kappa shape index (κ3) is 2.85. The van der Waals surface area contributed by atoms with Crippen LogP contribution in [0.4, 0.5) is 5.69 Å². The minimum Gasteiger partial charge on any atom is -0.322 e. The molecule has 0 unspecified atom stereocenters. The van der Waals surface area contributed by atoms with Gasteiger partial charge in [0.1, 0.15) is 6.04 Å². The number of halogens is 1. The molecule has 1 atom stereocenters. The molecule has 2 rings (SSSR count). The second-order valence-electron chi connectivity index (χ2n) is 3.72. The van der Waals surface area contributed by atoms with Crippen LogP contribution >= 0.6 is 11.6 Å². The molecule has 0 saturated heterocycles. The van der Waals surface area contributed by atoms with Crippen molar-refractivity contribution in [3.05, 3.63) is 59.4 Å². The molecule has 0 radical (unpaired) electrons. The molecule has 5 heteroatoms. The highest BCUT2D eigenvalue weighted by atomic mass is 35.5. The molecule has 1 aromatic heterocycles. The molecule has 4 nitrogen and oxygen atoms in total. The van der Waals surface area contributed by atoms with Gasteiger partial charge in [-0.2, -0.15) is 0 Å². The van der Waals surface area contributed by atoms with Gasteiger partial charge in [0.2, 0.25) is 5.91 Å². The molecule has 3 N–H and O–H groups in total. The highest BCUT2D eigenvalue weighted by Crippen LogP contribution is 2.19. The van der Waals surface area contributed by atoms with Crippen LogP contribution in [0.3, 0.4) is 0 Å². The van der Waals surface area contributed by atoms with Gasteiger partial charge in [0.15, 0.2) is 5.15 Å². The third-order valence-electron chi connectivity index (χ3n) is 2.46. The summed E-state index contributed by atoms with van der Waals surface area (Å²) in [4.78, 5) is 15.8. The van der Waals surface area contributed by atoms with E-state index < -0.39 is 6.04 Å². The normalized spacial score (nSPS) is 11.9. The van der Waals surface area contributed by atoms with Gasteiger partial charge in [-0.3, -0.25) is 4.79 Å². The fourth-order valence-corrected chi connectivity index (χ4v) is 1.67. The van der Waals surface area contributed by atoms with Crippen LogP contribution in [-0.4, -0.2) is 10.9 Å². The van der Waals surface area contributed by atoms with Crippen LogP contribution < -0.4 is 11.1 Å². The number of carbonyl (C=O) groups is 1. The summed E-state index contributed by atoms with van der Waals surface area (Å²) in [7, 11) is 0. The summed E-state index contributed by atoms with van der Waals surface area (Å²) in [5.74, 6) is -0.323. The molecule has 1 heterocycles. The maximum atomic E-state index is 11.9. The zero-order valence-electron chi connectivity index (χ0n) is 9.51. The number of anilines is 1. The Labute approximate surface area is 110 Å². The summed E-state index contributed by atoms with van der Waals surface area (Å²) in [5, 5.41) is 2.89. The lowest BCUT2D eigenvalue weighted by Crippen LogP contribution is -2.27. The number of carbonyl (C=O) groups excluding carboxylic acids is 1. The lowest BCUT2D eigenvalue weighted by molar-refractivity contribution is -0.117. The van der Waals surface area contributed by atoms with Crippen molar-refractivity contribution >= 4 is 23.2 Å². The fourth-order valence-electron chi connectivity index (χ4n) is 1.50. The first-order chi connectivity index (χ1) is 8.68. The fraction of sp³-hybridized carbons (Fsp3) is 0.0769. The molecule has 0 saturated carbocycles. The van der Waals surface area contributed by atoms with Crippen molar-refractivity contribution in [2.75, 3.05) is 5.32 Å². The molecule has 1 amide bonds. The third-order valence-corrected chi connectivity index (χ3v) is 2.76. The van der Waals surface area contributed by atoms with Crippen molar-refractivity contribution in [1.82, 2.24) is 4.98 Å². The molecule has 0 aliphatic heterocycles. The minimum atomic E-state index is -0.734. The van der Waals surface area contributed by atoms with Gasteiger partial charge in [0.05, 0.1) is 5.69 Å². The summed E-state index contributed by atoms with van der Waals surface area (Å²) >= 11 is 5.85. The predicted octanol–water partition coefficient (Wildman–Crippen LogP) is 2.37. The van der Waals surface area contributed by atoms with E-state index in [-0.39, 0.29) is 11.1 Å². The van der Waals surface area contributed by atoms with E-state index in [1.165, 1.54) is 0 Å². The van der Waals surface area contributed by atoms with Crippen LogP contribution in [0.1, 0.15) is 11.6 Å². The van der Waals surface area contributed by atoms with Gasteiger partial charge in [0, 0.05) is 6.20 Å². The first-order valence-electron chi connectivity index (χ1n) is 5.40. The Morgan fingerprint density at radius 3 is 2.61 bits per heavy atom. The standard InChI is InChI=1S/C13H12ClN3O/c14-12-10(7-4-8-16-12)17-13(18)11(15)9-5-2-1-3-6-9/h1-8,11H,15H2,(H,17,18)/t11-/m1/s1. The maximum absolute atomic E-state index is 11.9. The average Bonchev–Trinajstić information content (AvgIpc) is 2.41. The zero-order chi connectivity index (χ0) is 13.0. The Morgan fingerprint density at radius 2 is 1.94 bits per heavy atom. The Bertz CT molecular complexity index is 545. The predicted molar refractivity (Wildman–Crippen MR) is 71.2 cm³/mol. The second kappa shape index (κ2) is 5.62. The topological polar surface area (TPSA) is 68.0 Å². The molecule has 0 spiro atoms. The first kappa shape index (κ1) is 12.5. The molecule has 2 aromatic rings. The van der Waals surface area contributed by atoms with E-state index in [1.807, 2.05) is 18.2 Å². The molecular weight excluding hydrogens is 250 g/mol. The van der Waals surface area contributed by atoms with Gasteiger partial charge in [-0.1, -0.05) is 41.9 Å². The highest BCUT2D eigenvalue weighted by molar-refractivity contribution is 6.32. The Kier molecular flexibility index (Phi) is 3.92. The van der Waals surface area contributed by atoms with Gasteiger partial charge in [-0.25, -0.2) is 4.98 Å². The molecule has 0 aliphatic carbocycles. The van der Waals surface area contributed by atoms with Gasteiger partial charge in [-0.05, 0) is 17.7 Å². The average molecular weight is 262 g/mol. The van der Waals surface area contributed by atoms with E-state index >= 15 is 0 Å². The number of nitrogens with one attached hydrogen (secondary N) is 1. The van der Waals surface area contributed by atoms with Crippen LogP contribution in [0.5, 0.6) is 0 Å². The largest absolute Gasteiger partial charge is 0.322 e. The van der Waals surface area contributed by atoms with Crippen LogP contribution in [0.2, 0.25) is 5.15 Å². The smallest absolute Gasteiger partial charge is 0.245 e. The summed E-state index contributed by atoms with van der Waals surface area (Å²) < 4.78 is 0. The van der Waals surface area contributed by atoms with E-state index in [9.17, 15) is 4.79 Å². The van der Waals surface area contributed by atoms with Crippen LogP contribution in [0.15, 0.2) is 48.7 Å². The van der Waals surface area contributed by atoms with Crippen molar-refractivity contribution in [2.45, 2.75) is 6.04 Å². The molecule has 18 heavy (non-hydrogen) atoms. The zero-order valence-corrected chi connectivity index (χ0v) is 10.3. The van der Waals surface area contributed by atoms with E-state index in [4.69, 9.17) is 17.3 Å². The number of nitrogens with two attached hydrogens (primary N) is 1. The minimum absolute atomic E-state index is 0.242. The number of hydrogen-bond donors (Lipinski definition) is 2. The summed E-state index contributed by atoms with van der Waals surface area (Å²) in [6, 6.07) is 11.8. The number of amides is 1. The number of pyridine rings is 1. The number of rotatable bonds is 3. The van der Waals surface area contributed by atoms with Crippen LogP contribution in [0, 0.1) is 0 Å². The monoisotopic (exact) mass is 261 g/mol. The first-order valence-corrected chi connectivity index (χ1v) is 5.78. The van der Waals surface area contributed by atoms with Gasteiger partial charge in [-0.15, -0.1) is 0 Å². The van der Waals surface area contributed by atoms with Crippen molar-refractivity contribution in [1.29, 1.82) is 0 Å². The number of benzene rings is 1. The lowest BCUT2D eigenvalue weighted by atomic mass is 10.1. The Hall–Kier alpha value is -1.91. The van der Waals surface area contributed by atoms with Gasteiger partial charge >= 0.3 is 0 Å². The van der Waals surface area contributed by atoms with E-state index in [0.29, 0.717) is 5.69 Å². The maximum Gasteiger partial charge on any atom is 0.245 e. The van der Waals surface area contributed by atoms with Crippen LogP contribution in [-0.2, 0) is 4.79 Å². The van der Waals surface area contributed by atoms with Crippen molar-refractivity contribution in [3.8, 4) is 0 Å². The van der Waals surface area contributed by atoms with Crippen molar-refractivity contribution < 1.29 is 4.79 Å². The summed E-state index contributed by atoms with van der Waals surface area (Å²) in [6.07, 6.45) is 1.55. The molecule has 1 aromatic carbocycles.